The molecule has 0 amide bonds. The van der Waals surface area contributed by atoms with Crippen LogP contribution in [0.2, 0.25) is 0 Å². The number of aliphatic imine (C=N–C) groups is 1. The van der Waals surface area contributed by atoms with Crippen molar-refractivity contribution >= 4 is 17.3 Å². The molecule has 1 aromatic rings. The fraction of sp³-hybridized carbons (Fsp3) is 0.545. The third-order valence-electron chi connectivity index (χ3n) is 1.93. The highest BCUT2D eigenvalue weighted by molar-refractivity contribution is 7.11. The van der Waals surface area contributed by atoms with Crippen LogP contribution < -0.4 is 11.1 Å². The van der Waals surface area contributed by atoms with Gasteiger partial charge in [-0.05, 0) is 6.92 Å². The topological polar surface area (TPSA) is 76.2 Å². The van der Waals surface area contributed by atoms with Gasteiger partial charge in [-0.3, -0.25) is 0 Å². The normalized spacial score (nSPS) is 11.9. The van der Waals surface area contributed by atoms with E-state index in [1.807, 2.05) is 6.92 Å². The molecule has 0 bridgehead atoms. The van der Waals surface area contributed by atoms with Crippen molar-refractivity contribution in [2.75, 3.05) is 6.54 Å². The predicted octanol–water partition coefficient (Wildman–Crippen LogP) is 1.64. The summed E-state index contributed by atoms with van der Waals surface area (Å²) >= 11 is 1.58. The highest BCUT2D eigenvalue weighted by Crippen LogP contribution is 2.19. The van der Waals surface area contributed by atoms with E-state index in [-0.39, 0.29) is 0 Å². The zero-order valence-corrected chi connectivity index (χ0v) is 11.3. The van der Waals surface area contributed by atoms with Gasteiger partial charge in [0.15, 0.2) is 5.96 Å². The van der Waals surface area contributed by atoms with Gasteiger partial charge in [0.2, 0.25) is 0 Å². The SMILES string of the molecule is C=C(C)CNC(N)=NCc1nnc(C(C)C)s1. The third-order valence-corrected chi connectivity index (χ3v) is 3.14. The van der Waals surface area contributed by atoms with Crippen molar-refractivity contribution in [1.82, 2.24) is 15.5 Å². The van der Waals surface area contributed by atoms with E-state index >= 15 is 0 Å². The first kappa shape index (κ1) is 13.6. The van der Waals surface area contributed by atoms with Crippen LogP contribution in [0.5, 0.6) is 0 Å². The van der Waals surface area contributed by atoms with Gasteiger partial charge >= 0.3 is 0 Å². The van der Waals surface area contributed by atoms with E-state index in [0.717, 1.165) is 15.6 Å². The van der Waals surface area contributed by atoms with Crippen molar-refractivity contribution in [3.8, 4) is 0 Å². The van der Waals surface area contributed by atoms with Crippen molar-refractivity contribution in [2.24, 2.45) is 10.7 Å². The molecule has 1 rings (SSSR count). The van der Waals surface area contributed by atoms with Crippen molar-refractivity contribution in [3.63, 3.8) is 0 Å². The van der Waals surface area contributed by atoms with Crippen LogP contribution in [0, 0.1) is 0 Å². The van der Waals surface area contributed by atoms with Crippen molar-refractivity contribution < 1.29 is 0 Å². The van der Waals surface area contributed by atoms with E-state index < -0.39 is 0 Å². The molecule has 3 N–H and O–H groups in total. The monoisotopic (exact) mass is 253 g/mol. The summed E-state index contributed by atoms with van der Waals surface area (Å²) in [7, 11) is 0. The summed E-state index contributed by atoms with van der Waals surface area (Å²) in [5.41, 5.74) is 6.71. The van der Waals surface area contributed by atoms with Crippen LogP contribution in [0.4, 0.5) is 0 Å². The number of aromatic nitrogens is 2. The lowest BCUT2D eigenvalue weighted by Gasteiger charge is -2.03. The zero-order chi connectivity index (χ0) is 12.8. The molecule has 0 aliphatic rings. The second kappa shape index (κ2) is 6.34. The zero-order valence-electron chi connectivity index (χ0n) is 10.5. The first-order valence-electron chi connectivity index (χ1n) is 5.49. The van der Waals surface area contributed by atoms with Gasteiger partial charge in [-0.25, -0.2) is 4.99 Å². The Hall–Kier alpha value is -1.43. The smallest absolute Gasteiger partial charge is 0.189 e. The molecule has 0 fully saturated rings. The summed E-state index contributed by atoms with van der Waals surface area (Å²) in [5.74, 6) is 0.818. The molecule has 0 aliphatic heterocycles. The summed E-state index contributed by atoms with van der Waals surface area (Å²) in [6.45, 7) is 11.0. The molecule has 0 saturated carbocycles. The van der Waals surface area contributed by atoms with Crippen LogP contribution in [0.3, 0.4) is 0 Å². The molecule has 0 aromatic carbocycles. The van der Waals surface area contributed by atoms with E-state index in [0.29, 0.717) is 25.0 Å². The second-order valence-electron chi connectivity index (χ2n) is 4.20. The minimum absolute atomic E-state index is 0.407. The highest BCUT2D eigenvalue weighted by atomic mass is 32.1. The minimum atomic E-state index is 0.407. The Morgan fingerprint density at radius 1 is 1.53 bits per heavy atom. The Morgan fingerprint density at radius 2 is 2.24 bits per heavy atom. The number of nitrogens with zero attached hydrogens (tertiary/aromatic N) is 3. The quantitative estimate of drug-likeness (QED) is 0.475. The molecule has 6 heteroatoms. The van der Waals surface area contributed by atoms with Gasteiger partial charge in [0.1, 0.15) is 10.0 Å². The highest BCUT2D eigenvalue weighted by Gasteiger charge is 2.06. The van der Waals surface area contributed by atoms with Crippen molar-refractivity contribution in [1.29, 1.82) is 0 Å². The molecule has 0 aliphatic carbocycles. The van der Waals surface area contributed by atoms with E-state index in [1.165, 1.54) is 0 Å². The van der Waals surface area contributed by atoms with Crippen molar-refractivity contribution in [2.45, 2.75) is 33.2 Å². The maximum atomic E-state index is 5.69. The maximum Gasteiger partial charge on any atom is 0.189 e. The summed E-state index contributed by atoms with van der Waals surface area (Å²) in [5, 5.41) is 13.0. The molecule has 94 valence electrons. The molecule has 1 heterocycles. The molecule has 17 heavy (non-hydrogen) atoms. The Morgan fingerprint density at radius 3 is 2.76 bits per heavy atom. The van der Waals surface area contributed by atoms with Crippen molar-refractivity contribution in [3.05, 3.63) is 22.2 Å². The van der Waals surface area contributed by atoms with Gasteiger partial charge < -0.3 is 11.1 Å². The first-order chi connectivity index (χ1) is 7.99. The Labute approximate surface area is 106 Å². The average molecular weight is 253 g/mol. The van der Waals surface area contributed by atoms with Crippen LogP contribution in [0.1, 0.15) is 36.7 Å². The number of nitrogens with one attached hydrogen (secondary N) is 1. The Kier molecular flexibility index (Phi) is 5.09. The van der Waals surface area contributed by atoms with Crippen LogP contribution in [-0.2, 0) is 6.54 Å². The van der Waals surface area contributed by atoms with E-state index in [4.69, 9.17) is 5.73 Å². The lowest BCUT2D eigenvalue weighted by molar-refractivity contribution is 0.815. The molecule has 0 unspecified atom stereocenters. The molecule has 0 saturated heterocycles. The standard InChI is InChI=1S/C11H19N5S/c1-7(2)5-13-11(12)14-6-9-15-16-10(17-9)8(3)4/h8H,1,5-6H2,2-4H3,(H3,12,13,14). The molecular formula is C11H19N5S. The van der Waals surface area contributed by atoms with E-state index in [1.54, 1.807) is 11.3 Å². The summed E-state index contributed by atoms with van der Waals surface area (Å²) in [6.07, 6.45) is 0. The summed E-state index contributed by atoms with van der Waals surface area (Å²) in [4.78, 5) is 4.19. The summed E-state index contributed by atoms with van der Waals surface area (Å²) < 4.78 is 0. The number of nitrogens with two attached hydrogens (primary N) is 1. The maximum absolute atomic E-state index is 5.69. The fourth-order valence-electron chi connectivity index (χ4n) is 1.01. The lowest BCUT2D eigenvalue weighted by Crippen LogP contribution is -2.32. The van der Waals surface area contributed by atoms with Gasteiger partial charge in [0, 0.05) is 12.5 Å². The van der Waals surface area contributed by atoms with Gasteiger partial charge in [0.05, 0.1) is 6.54 Å². The number of hydrogen-bond acceptors (Lipinski definition) is 4. The average Bonchev–Trinajstić information content (AvgIpc) is 2.72. The number of guanidine groups is 1. The fourth-order valence-corrected chi connectivity index (χ4v) is 1.78. The van der Waals surface area contributed by atoms with Gasteiger partial charge in [-0.15, -0.1) is 10.2 Å². The number of hydrogen-bond donors (Lipinski definition) is 2. The minimum Gasteiger partial charge on any atom is -0.370 e. The first-order valence-corrected chi connectivity index (χ1v) is 6.31. The van der Waals surface area contributed by atoms with Crippen LogP contribution in [0.15, 0.2) is 17.1 Å². The van der Waals surface area contributed by atoms with Gasteiger partial charge in [-0.2, -0.15) is 0 Å². The molecule has 5 nitrogen and oxygen atoms in total. The third kappa shape index (κ3) is 4.95. The Balaban J connectivity index is 2.47. The van der Waals surface area contributed by atoms with E-state index in [9.17, 15) is 0 Å². The van der Waals surface area contributed by atoms with Crippen LogP contribution in [0.25, 0.3) is 0 Å². The molecule has 0 radical (unpaired) electrons. The lowest BCUT2D eigenvalue weighted by atomic mass is 10.2. The van der Waals surface area contributed by atoms with Gasteiger partial charge in [0.25, 0.3) is 0 Å². The molecule has 0 spiro atoms. The van der Waals surface area contributed by atoms with Crippen LogP contribution in [-0.4, -0.2) is 22.7 Å². The van der Waals surface area contributed by atoms with Crippen LogP contribution >= 0.6 is 11.3 Å². The summed E-state index contributed by atoms with van der Waals surface area (Å²) in [6, 6.07) is 0. The molecular weight excluding hydrogens is 234 g/mol. The largest absolute Gasteiger partial charge is 0.370 e. The van der Waals surface area contributed by atoms with E-state index in [2.05, 4.69) is 40.9 Å². The predicted molar refractivity (Wildman–Crippen MR) is 72.1 cm³/mol. The van der Waals surface area contributed by atoms with Gasteiger partial charge in [-0.1, -0.05) is 37.3 Å². The Bertz CT molecular complexity index is 408. The number of rotatable bonds is 5. The second-order valence-corrected chi connectivity index (χ2v) is 5.29. The molecule has 1 aromatic heterocycles. The molecule has 0 atom stereocenters.